The number of non-ortho nitro benzene ring substituents is 1. The van der Waals surface area contributed by atoms with E-state index < -0.39 is 16.7 Å². The summed E-state index contributed by atoms with van der Waals surface area (Å²) < 4.78 is 13.3. The number of rotatable bonds is 3. The number of nitrogens with zero attached hydrogens (tertiary/aromatic N) is 1. The minimum atomic E-state index is -1.31. The summed E-state index contributed by atoms with van der Waals surface area (Å²) in [5.41, 5.74) is -0.172. The Kier molecular flexibility index (Phi) is 3.67. The highest BCUT2D eigenvalue weighted by Crippen LogP contribution is 2.28. The Balaban J connectivity index is 2.66. The smallest absolute Gasteiger partial charge is 0.335 e. The van der Waals surface area contributed by atoms with Gasteiger partial charge in [0.2, 0.25) is 0 Å². The predicted octanol–water partition coefficient (Wildman–Crippen LogP) is 3.75. The van der Waals surface area contributed by atoms with Crippen molar-refractivity contribution < 1.29 is 19.2 Å². The normalized spacial score (nSPS) is 10.3. The lowest BCUT2D eigenvalue weighted by molar-refractivity contribution is -0.384. The molecule has 0 amide bonds. The van der Waals surface area contributed by atoms with Gasteiger partial charge in [0.05, 0.1) is 10.5 Å². The number of carbonyl (C=O) groups is 1. The third kappa shape index (κ3) is 2.92. The topological polar surface area (TPSA) is 80.4 Å². The fraction of sp³-hybridized carbons (Fsp3) is 0. The van der Waals surface area contributed by atoms with Gasteiger partial charge in [-0.3, -0.25) is 10.1 Å². The largest absolute Gasteiger partial charge is 0.478 e. The minimum Gasteiger partial charge on any atom is -0.478 e. The Morgan fingerprint density at radius 1 is 1.15 bits per heavy atom. The summed E-state index contributed by atoms with van der Waals surface area (Å²) >= 11 is 5.71. The summed E-state index contributed by atoms with van der Waals surface area (Å²) in [6.45, 7) is 0. The standard InChI is InChI=1S/C13H7ClFNO4/c14-10-2-8(3-11(15)6-10)7-1-9(13(17)18)5-12(4-7)16(19)20/h1-6H,(H,17,18). The van der Waals surface area contributed by atoms with Gasteiger partial charge >= 0.3 is 5.97 Å². The summed E-state index contributed by atoms with van der Waals surface area (Å²) in [6, 6.07) is 6.93. The van der Waals surface area contributed by atoms with Gasteiger partial charge in [-0.15, -0.1) is 0 Å². The fourth-order valence-electron chi connectivity index (χ4n) is 1.73. The Hall–Kier alpha value is -2.47. The zero-order valence-electron chi connectivity index (χ0n) is 9.84. The van der Waals surface area contributed by atoms with Crippen molar-refractivity contribution in [1.29, 1.82) is 0 Å². The van der Waals surface area contributed by atoms with Gasteiger partial charge in [-0.1, -0.05) is 11.6 Å². The number of halogens is 2. The molecule has 0 aliphatic carbocycles. The number of aromatic carboxylic acids is 1. The van der Waals surface area contributed by atoms with Crippen LogP contribution in [0, 0.1) is 15.9 Å². The number of carboxylic acid groups (broad SMARTS) is 1. The number of hydrogen-bond donors (Lipinski definition) is 1. The molecule has 102 valence electrons. The van der Waals surface area contributed by atoms with Gasteiger partial charge < -0.3 is 5.11 Å². The highest BCUT2D eigenvalue weighted by Gasteiger charge is 2.15. The first-order chi connectivity index (χ1) is 9.36. The predicted molar refractivity (Wildman–Crippen MR) is 70.5 cm³/mol. The van der Waals surface area contributed by atoms with E-state index in [-0.39, 0.29) is 27.4 Å². The van der Waals surface area contributed by atoms with Gasteiger partial charge in [-0.2, -0.15) is 0 Å². The van der Waals surface area contributed by atoms with Gasteiger partial charge in [-0.25, -0.2) is 9.18 Å². The molecule has 0 atom stereocenters. The number of nitro groups is 1. The maximum atomic E-state index is 13.3. The molecule has 0 saturated carbocycles. The van der Waals surface area contributed by atoms with E-state index in [0.29, 0.717) is 0 Å². The van der Waals surface area contributed by atoms with E-state index >= 15 is 0 Å². The van der Waals surface area contributed by atoms with Crippen LogP contribution in [0.5, 0.6) is 0 Å². The molecule has 0 heterocycles. The SMILES string of the molecule is O=C(O)c1cc(-c2cc(F)cc(Cl)c2)cc([N+](=O)[O-])c1. The minimum absolute atomic E-state index is 0.114. The lowest BCUT2D eigenvalue weighted by atomic mass is 10.0. The van der Waals surface area contributed by atoms with Crippen LogP contribution in [0.2, 0.25) is 5.02 Å². The van der Waals surface area contributed by atoms with Crippen LogP contribution < -0.4 is 0 Å². The molecule has 0 unspecified atom stereocenters. The molecule has 0 saturated heterocycles. The zero-order chi connectivity index (χ0) is 14.9. The van der Waals surface area contributed by atoms with E-state index in [2.05, 4.69) is 0 Å². The molecular weight excluding hydrogens is 289 g/mol. The average molecular weight is 296 g/mol. The van der Waals surface area contributed by atoms with Crippen LogP contribution in [-0.2, 0) is 0 Å². The highest BCUT2D eigenvalue weighted by atomic mass is 35.5. The first-order valence-electron chi connectivity index (χ1n) is 5.36. The van der Waals surface area contributed by atoms with Gasteiger partial charge in [-0.05, 0) is 35.4 Å². The lowest BCUT2D eigenvalue weighted by Crippen LogP contribution is -1.99. The van der Waals surface area contributed by atoms with Gasteiger partial charge in [0.25, 0.3) is 5.69 Å². The maximum absolute atomic E-state index is 13.3. The zero-order valence-corrected chi connectivity index (χ0v) is 10.6. The van der Waals surface area contributed by atoms with Crippen LogP contribution in [0.4, 0.5) is 10.1 Å². The average Bonchev–Trinajstić information content (AvgIpc) is 2.36. The van der Waals surface area contributed by atoms with Crippen molar-refractivity contribution in [2.24, 2.45) is 0 Å². The van der Waals surface area contributed by atoms with Crippen LogP contribution in [0.1, 0.15) is 10.4 Å². The summed E-state index contributed by atoms with van der Waals surface area (Å²) in [6.07, 6.45) is 0. The van der Waals surface area contributed by atoms with E-state index in [4.69, 9.17) is 16.7 Å². The molecular formula is C13H7ClFNO4. The van der Waals surface area contributed by atoms with Crippen molar-refractivity contribution in [3.8, 4) is 11.1 Å². The van der Waals surface area contributed by atoms with E-state index in [1.54, 1.807) is 0 Å². The second-order valence-electron chi connectivity index (χ2n) is 3.99. The Morgan fingerprint density at radius 3 is 2.35 bits per heavy atom. The Morgan fingerprint density at radius 2 is 1.80 bits per heavy atom. The highest BCUT2D eigenvalue weighted by molar-refractivity contribution is 6.30. The molecule has 0 aliphatic heterocycles. The molecule has 0 fully saturated rings. The van der Waals surface area contributed by atoms with Crippen molar-refractivity contribution in [3.63, 3.8) is 0 Å². The molecule has 20 heavy (non-hydrogen) atoms. The fourth-order valence-corrected chi connectivity index (χ4v) is 1.95. The Labute approximate surface area is 117 Å². The number of benzene rings is 2. The van der Waals surface area contributed by atoms with Crippen LogP contribution in [0.3, 0.4) is 0 Å². The van der Waals surface area contributed by atoms with Crippen molar-refractivity contribution in [2.75, 3.05) is 0 Å². The van der Waals surface area contributed by atoms with Crippen molar-refractivity contribution in [2.45, 2.75) is 0 Å². The van der Waals surface area contributed by atoms with E-state index in [1.165, 1.54) is 12.1 Å². The first-order valence-corrected chi connectivity index (χ1v) is 5.74. The molecule has 2 aromatic rings. The maximum Gasteiger partial charge on any atom is 0.335 e. The summed E-state index contributed by atoms with van der Waals surface area (Å²) in [5, 5.41) is 19.9. The van der Waals surface area contributed by atoms with Crippen molar-refractivity contribution in [3.05, 3.63) is 62.9 Å². The third-order valence-corrected chi connectivity index (χ3v) is 2.79. The van der Waals surface area contributed by atoms with Crippen molar-refractivity contribution >= 4 is 23.3 Å². The molecule has 0 aromatic heterocycles. The summed E-state index contributed by atoms with van der Waals surface area (Å²) in [4.78, 5) is 21.1. The summed E-state index contributed by atoms with van der Waals surface area (Å²) in [5.74, 6) is -1.92. The van der Waals surface area contributed by atoms with Crippen LogP contribution in [-0.4, -0.2) is 16.0 Å². The molecule has 2 rings (SSSR count). The molecule has 0 radical (unpaired) electrons. The molecule has 1 N–H and O–H groups in total. The van der Waals surface area contributed by atoms with Gasteiger partial charge in [0.15, 0.2) is 0 Å². The van der Waals surface area contributed by atoms with Gasteiger partial charge in [0, 0.05) is 17.2 Å². The summed E-state index contributed by atoms with van der Waals surface area (Å²) in [7, 11) is 0. The molecule has 0 aliphatic rings. The quantitative estimate of drug-likeness (QED) is 0.690. The molecule has 2 aromatic carbocycles. The van der Waals surface area contributed by atoms with Crippen LogP contribution in [0.15, 0.2) is 36.4 Å². The second kappa shape index (κ2) is 5.26. The number of hydrogen-bond acceptors (Lipinski definition) is 3. The van der Waals surface area contributed by atoms with Gasteiger partial charge in [0.1, 0.15) is 5.82 Å². The van der Waals surface area contributed by atoms with Crippen molar-refractivity contribution in [1.82, 2.24) is 0 Å². The third-order valence-electron chi connectivity index (χ3n) is 2.57. The molecule has 0 bridgehead atoms. The monoisotopic (exact) mass is 295 g/mol. The molecule has 0 spiro atoms. The molecule has 7 heteroatoms. The van der Waals surface area contributed by atoms with E-state index in [0.717, 1.165) is 24.3 Å². The van der Waals surface area contributed by atoms with E-state index in [9.17, 15) is 19.3 Å². The van der Waals surface area contributed by atoms with Crippen LogP contribution >= 0.6 is 11.6 Å². The van der Waals surface area contributed by atoms with E-state index in [1.807, 2.05) is 0 Å². The lowest BCUT2D eigenvalue weighted by Gasteiger charge is -2.05. The number of carboxylic acids is 1. The second-order valence-corrected chi connectivity index (χ2v) is 4.43. The molecule has 5 nitrogen and oxygen atoms in total. The first kappa shape index (κ1) is 14.0. The van der Waals surface area contributed by atoms with Crippen LogP contribution in [0.25, 0.3) is 11.1 Å². The Bertz CT molecular complexity index is 665. The number of nitro benzene ring substituents is 1.